The number of rotatable bonds is 7. The van der Waals surface area contributed by atoms with Gasteiger partial charge in [0.1, 0.15) is 17.7 Å². The van der Waals surface area contributed by atoms with Crippen LogP contribution >= 0.6 is 15.9 Å². The van der Waals surface area contributed by atoms with Crippen LogP contribution in [0.25, 0.3) is 0 Å². The highest BCUT2D eigenvalue weighted by atomic mass is 79.9. The van der Waals surface area contributed by atoms with Crippen LogP contribution in [0.1, 0.15) is 36.6 Å². The third-order valence-corrected chi connectivity index (χ3v) is 8.49. The fourth-order valence-corrected chi connectivity index (χ4v) is 5.89. The van der Waals surface area contributed by atoms with Gasteiger partial charge in [-0.05, 0) is 92.9 Å². The van der Waals surface area contributed by atoms with Crippen LogP contribution in [0, 0.1) is 13.8 Å². The van der Waals surface area contributed by atoms with Crippen molar-refractivity contribution in [1.82, 2.24) is 5.01 Å². The number of hydrogen-bond donors (Lipinski definition) is 2. The fourth-order valence-electron chi connectivity index (χ4n) is 5.62. The van der Waals surface area contributed by atoms with E-state index in [2.05, 4.69) is 55.1 Å². The number of benzene rings is 3. The fraction of sp³-hybridized carbons (Fsp3) is 0.355. The molecule has 3 aromatic carbocycles. The van der Waals surface area contributed by atoms with Crippen molar-refractivity contribution in [2.75, 3.05) is 40.9 Å². The Balaban J connectivity index is 1.26. The monoisotopic (exact) mass is 605 g/mol. The second kappa shape index (κ2) is 11.5. The Morgan fingerprint density at radius 1 is 0.875 bits per heavy atom. The van der Waals surface area contributed by atoms with E-state index in [0.29, 0.717) is 11.6 Å². The van der Waals surface area contributed by atoms with Gasteiger partial charge in [-0.25, -0.2) is 0 Å². The van der Waals surface area contributed by atoms with E-state index in [4.69, 9.17) is 0 Å². The van der Waals surface area contributed by atoms with Crippen LogP contribution in [0.15, 0.2) is 70.2 Å². The van der Waals surface area contributed by atoms with Gasteiger partial charge in [-0.15, -0.1) is 0 Å². The number of piperazine rings is 1. The maximum absolute atomic E-state index is 12.3. The third-order valence-electron chi connectivity index (χ3n) is 7.97. The minimum atomic E-state index is -0.803. The van der Waals surface area contributed by atoms with E-state index >= 15 is 0 Å². The maximum Gasteiger partial charge on any atom is 0.180 e. The van der Waals surface area contributed by atoms with E-state index in [-0.39, 0.29) is 0 Å². The van der Waals surface area contributed by atoms with E-state index in [1.165, 1.54) is 0 Å². The van der Waals surface area contributed by atoms with E-state index in [1.54, 1.807) is 5.01 Å². The number of nitrogens with zero attached hydrogens (tertiary/aromatic N) is 5. The first-order valence-corrected chi connectivity index (χ1v) is 14.4. The molecule has 0 saturated carbocycles. The van der Waals surface area contributed by atoms with Crippen molar-refractivity contribution in [3.05, 3.63) is 81.8 Å². The van der Waals surface area contributed by atoms with Crippen molar-refractivity contribution in [2.24, 2.45) is 5.10 Å². The first-order chi connectivity index (χ1) is 19.2. The second-order valence-corrected chi connectivity index (χ2v) is 11.5. The number of aryl methyl sites for hydroxylation is 2. The molecule has 210 valence electrons. The summed E-state index contributed by atoms with van der Waals surface area (Å²) in [6.07, 6.45) is -0.570. The Morgan fingerprint density at radius 3 is 1.95 bits per heavy atom. The summed E-state index contributed by atoms with van der Waals surface area (Å²) < 4.78 is 0.941. The van der Waals surface area contributed by atoms with Gasteiger partial charge in [-0.2, -0.15) is 5.10 Å². The Bertz CT molecular complexity index is 1360. The number of carbonyl (C=O) groups excluding carboxylic acids is 1. The minimum Gasteiger partial charge on any atom is -0.507 e. The number of phenols is 1. The molecule has 3 aromatic rings. The summed E-state index contributed by atoms with van der Waals surface area (Å²) in [6, 6.07) is 19.5. The van der Waals surface area contributed by atoms with E-state index < -0.39 is 18.3 Å². The average Bonchev–Trinajstić information content (AvgIpc) is 3.31. The molecule has 0 aromatic heterocycles. The molecular formula is C31H36BrN5O3. The molecule has 3 atom stereocenters. The molecule has 2 aliphatic heterocycles. The molecule has 3 unspecified atom stereocenters. The Labute approximate surface area is 244 Å². The largest absolute Gasteiger partial charge is 0.507 e. The molecule has 1 fully saturated rings. The zero-order valence-electron chi connectivity index (χ0n) is 23.3. The zero-order valence-corrected chi connectivity index (χ0v) is 24.9. The lowest BCUT2D eigenvalue weighted by Gasteiger charge is -2.38. The second-order valence-electron chi connectivity index (χ2n) is 10.6. The molecule has 0 radical (unpaired) electrons. The van der Waals surface area contributed by atoms with E-state index in [0.717, 1.165) is 70.7 Å². The van der Waals surface area contributed by atoms with E-state index in [9.17, 15) is 15.0 Å². The number of aldehydes is 1. The number of aliphatic hydroxyl groups is 1. The number of halogens is 1. The number of hydrogen-bond acceptors (Lipinski definition) is 8. The summed E-state index contributed by atoms with van der Waals surface area (Å²) in [7, 11) is 0. The summed E-state index contributed by atoms with van der Waals surface area (Å²) in [4.78, 5) is 18.9. The van der Waals surface area contributed by atoms with E-state index in [1.807, 2.05) is 69.0 Å². The number of hydrazone groups is 1. The highest BCUT2D eigenvalue weighted by Crippen LogP contribution is 2.33. The molecular weight excluding hydrogens is 570 g/mol. The Morgan fingerprint density at radius 2 is 1.40 bits per heavy atom. The smallest absolute Gasteiger partial charge is 0.180 e. The normalized spacial score (nSPS) is 19.1. The molecule has 40 heavy (non-hydrogen) atoms. The van der Waals surface area contributed by atoms with Crippen LogP contribution in [0.3, 0.4) is 0 Å². The SMILES string of the molecule is CC1=NN(C(C)C(O)c2ccc(Br)cc2)C(C=O)N1c1ccc(N2CCN(c3cc(C)c(O)c(C)c3)CC2)cc1. The number of carbonyl (C=O) groups is 1. The van der Waals surface area contributed by atoms with Crippen LogP contribution in [-0.4, -0.2) is 65.7 Å². The molecule has 1 saturated heterocycles. The lowest BCUT2D eigenvalue weighted by atomic mass is 10.0. The maximum atomic E-state index is 12.3. The van der Waals surface area contributed by atoms with Gasteiger partial charge in [0.2, 0.25) is 0 Å². The van der Waals surface area contributed by atoms with Crippen LogP contribution < -0.4 is 14.7 Å². The summed E-state index contributed by atoms with van der Waals surface area (Å²) in [6.45, 7) is 11.2. The third kappa shape index (κ3) is 5.40. The van der Waals surface area contributed by atoms with Gasteiger partial charge in [-0.3, -0.25) is 14.7 Å². The topological polar surface area (TPSA) is 82.9 Å². The summed E-state index contributed by atoms with van der Waals surface area (Å²) in [5, 5.41) is 27.5. The van der Waals surface area contributed by atoms with Crippen LogP contribution in [0.2, 0.25) is 0 Å². The van der Waals surface area contributed by atoms with Gasteiger partial charge in [0, 0.05) is 47.7 Å². The van der Waals surface area contributed by atoms with Crippen LogP contribution in [0.4, 0.5) is 17.1 Å². The van der Waals surface area contributed by atoms with Gasteiger partial charge >= 0.3 is 0 Å². The average molecular weight is 607 g/mol. The predicted molar refractivity (Wildman–Crippen MR) is 164 cm³/mol. The molecule has 8 nitrogen and oxygen atoms in total. The highest BCUT2D eigenvalue weighted by Gasteiger charge is 2.38. The van der Waals surface area contributed by atoms with Crippen LogP contribution in [0.5, 0.6) is 5.75 Å². The lowest BCUT2D eigenvalue weighted by molar-refractivity contribution is -0.113. The molecule has 2 heterocycles. The van der Waals surface area contributed by atoms with Crippen molar-refractivity contribution >= 4 is 45.1 Å². The number of phenolic OH excluding ortho intramolecular Hbond substituents is 1. The molecule has 2 aliphatic rings. The molecule has 9 heteroatoms. The first kappa shape index (κ1) is 28.0. The van der Waals surface area contributed by atoms with Gasteiger partial charge in [-0.1, -0.05) is 28.1 Å². The zero-order chi connectivity index (χ0) is 28.6. The van der Waals surface area contributed by atoms with Crippen molar-refractivity contribution in [2.45, 2.75) is 46.0 Å². The van der Waals surface area contributed by atoms with Crippen molar-refractivity contribution < 1.29 is 15.0 Å². The number of amidine groups is 1. The number of aliphatic hydroxyl groups excluding tert-OH is 1. The molecule has 0 spiro atoms. The van der Waals surface area contributed by atoms with Crippen molar-refractivity contribution in [3.8, 4) is 5.75 Å². The molecule has 0 amide bonds. The van der Waals surface area contributed by atoms with Crippen molar-refractivity contribution in [3.63, 3.8) is 0 Å². The number of aromatic hydroxyl groups is 1. The Kier molecular flexibility index (Phi) is 8.05. The first-order valence-electron chi connectivity index (χ1n) is 13.6. The quantitative estimate of drug-likeness (QED) is 0.358. The minimum absolute atomic E-state index is 0.371. The summed E-state index contributed by atoms with van der Waals surface area (Å²) in [5.41, 5.74) is 5.73. The molecule has 0 bridgehead atoms. The van der Waals surface area contributed by atoms with Crippen molar-refractivity contribution in [1.29, 1.82) is 0 Å². The van der Waals surface area contributed by atoms with Gasteiger partial charge in [0.05, 0.1) is 6.04 Å². The number of anilines is 3. The lowest BCUT2D eigenvalue weighted by Crippen LogP contribution is -2.47. The van der Waals surface area contributed by atoms with Gasteiger partial charge in [0.25, 0.3) is 0 Å². The van der Waals surface area contributed by atoms with Gasteiger partial charge < -0.3 is 20.0 Å². The molecule has 2 N–H and O–H groups in total. The predicted octanol–water partition coefficient (Wildman–Crippen LogP) is 5.20. The summed E-state index contributed by atoms with van der Waals surface area (Å²) >= 11 is 3.43. The standard InChI is InChI=1S/C31H36BrN5O3/c1-20-17-28(18-21(2)30(20)39)35-15-13-34(14-16-35)26-9-11-27(12-10-26)36-23(4)33-37(29(36)19-38)22(3)31(40)24-5-7-25(32)8-6-24/h5-12,17-19,22,29,31,39-40H,13-16H2,1-4H3. The van der Waals surface area contributed by atoms with Crippen LogP contribution in [-0.2, 0) is 4.79 Å². The molecule has 5 rings (SSSR count). The van der Waals surface area contributed by atoms with Gasteiger partial charge in [0.15, 0.2) is 12.5 Å². The highest BCUT2D eigenvalue weighted by molar-refractivity contribution is 9.10. The molecule has 0 aliphatic carbocycles. The Hall–Kier alpha value is -3.56. The summed E-state index contributed by atoms with van der Waals surface area (Å²) in [5.74, 6) is 1.07.